The summed E-state index contributed by atoms with van der Waals surface area (Å²) in [5.41, 5.74) is 1.21. The van der Waals surface area contributed by atoms with Crippen LogP contribution in [0.2, 0.25) is 0 Å². The number of likely N-dealkylation sites (tertiary alicyclic amines) is 1. The first-order valence-corrected chi connectivity index (χ1v) is 12.2. The minimum atomic E-state index is -0.816. The maximum Gasteiger partial charge on any atom is 0.409 e. The number of carbonyl (C=O) groups is 2. The Morgan fingerprint density at radius 1 is 1.26 bits per heavy atom. The predicted molar refractivity (Wildman–Crippen MR) is 134 cm³/mol. The average molecular weight is 501 g/mol. The molecule has 3 aliphatic heterocycles. The molecule has 0 N–H and O–H groups in total. The van der Waals surface area contributed by atoms with E-state index in [1.54, 1.807) is 21.9 Å². The van der Waals surface area contributed by atoms with Gasteiger partial charge in [-0.05, 0) is 77.4 Å². The molecule has 3 heterocycles. The van der Waals surface area contributed by atoms with Crippen LogP contribution in [0.1, 0.15) is 46.1 Å². The van der Waals surface area contributed by atoms with Gasteiger partial charge in [-0.25, -0.2) is 9.64 Å². The number of piperidine rings is 1. The van der Waals surface area contributed by atoms with Gasteiger partial charge in [-0.1, -0.05) is 6.07 Å². The quantitative estimate of drug-likeness (QED) is 0.457. The number of benzene rings is 1. The van der Waals surface area contributed by atoms with E-state index in [-0.39, 0.29) is 30.8 Å². The highest BCUT2D eigenvalue weighted by molar-refractivity contribution is 7.80. The largest absolute Gasteiger partial charge is 0.447 e. The molecule has 0 radical (unpaired) electrons. The SMILES string of the molecule is [C-]#[N+]c1ccc(N2C(=O)C(C)(C)N(C3CCN(C(=O)OCC4COC(C)(C)O4)CC3)C2=S)cc1C. The summed E-state index contributed by atoms with van der Waals surface area (Å²) in [6.45, 7) is 18.1. The first-order chi connectivity index (χ1) is 16.4. The molecule has 4 rings (SSSR count). The Bertz CT molecular complexity index is 1070. The number of carbonyl (C=O) groups excluding carboxylic acids is 2. The summed E-state index contributed by atoms with van der Waals surface area (Å²) < 4.78 is 16.7. The number of hydrogen-bond acceptors (Lipinski definition) is 6. The van der Waals surface area contributed by atoms with Gasteiger partial charge in [-0.2, -0.15) is 0 Å². The molecule has 10 heteroatoms. The molecule has 188 valence electrons. The molecule has 0 aliphatic carbocycles. The Morgan fingerprint density at radius 3 is 2.51 bits per heavy atom. The zero-order valence-electron chi connectivity index (χ0n) is 20.9. The number of anilines is 1. The van der Waals surface area contributed by atoms with Crippen molar-refractivity contribution in [3.05, 3.63) is 35.2 Å². The van der Waals surface area contributed by atoms with Gasteiger partial charge in [0.25, 0.3) is 5.91 Å². The summed E-state index contributed by atoms with van der Waals surface area (Å²) in [6.07, 6.45) is 0.712. The van der Waals surface area contributed by atoms with Crippen molar-refractivity contribution in [3.63, 3.8) is 0 Å². The van der Waals surface area contributed by atoms with Crippen LogP contribution in [-0.2, 0) is 19.0 Å². The first kappa shape index (κ1) is 25.4. The third-order valence-electron chi connectivity index (χ3n) is 6.83. The zero-order chi connectivity index (χ0) is 25.5. The Hall–Kier alpha value is -2.74. The fourth-order valence-corrected chi connectivity index (χ4v) is 5.53. The van der Waals surface area contributed by atoms with Gasteiger partial charge in [0.05, 0.1) is 13.2 Å². The molecule has 1 atom stereocenters. The van der Waals surface area contributed by atoms with Gasteiger partial charge in [-0.15, -0.1) is 0 Å². The van der Waals surface area contributed by atoms with Gasteiger partial charge in [-0.3, -0.25) is 9.69 Å². The molecule has 1 unspecified atom stereocenters. The molecule has 9 nitrogen and oxygen atoms in total. The number of hydrogen-bond donors (Lipinski definition) is 0. The molecule has 0 aromatic heterocycles. The monoisotopic (exact) mass is 500 g/mol. The van der Waals surface area contributed by atoms with Crippen molar-refractivity contribution in [2.24, 2.45) is 0 Å². The van der Waals surface area contributed by atoms with Crippen molar-refractivity contribution in [3.8, 4) is 0 Å². The third-order valence-corrected chi connectivity index (χ3v) is 7.21. The van der Waals surface area contributed by atoms with Gasteiger partial charge in [0.1, 0.15) is 18.2 Å². The Kier molecular flexibility index (Phi) is 6.79. The fourth-order valence-electron chi connectivity index (χ4n) is 4.96. The summed E-state index contributed by atoms with van der Waals surface area (Å²) in [5.74, 6) is -0.750. The number of thiocarbonyl (C=S) groups is 1. The number of nitrogens with zero attached hydrogens (tertiary/aromatic N) is 4. The summed E-state index contributed by atoms with van der Waals surface area (Å²) in [6, 6.07) is 5.34. The molecular formula is C25H32N4O5S. The van der Waals surface area contributed by atoms with Crippen molar-refractivity contribution in [1.29, 1.82) is 0 Å². The van der Waals surface area contributed by atoms with Crippen LogP contribution >= 0.6 is 12.2 Å². The Balaban J connectivity index is 1.38. The highest BCUT2D eigenvalue weighted by Gasteiger charge is 2.52. The average Bonchev–Trinajstić information content (AvgIpc) is 3.24. The molecule has 0 saturated carbocycles. The minimum absolute atomic E-state index is 0.0199. The Morgan fingerprint density at radius 2 is 1.94 bits per heavy atom. The zero-order valence-corrected chi connectivity index (χ0v) is 21.7. The van der Waals surface area contributed by atoms with E-state index in [9.17, 15) is 9.59 Å². The van der Waals surface area contributed by atoms with Crippen LogP contribution in [0, 0.1) is 13.5 Å². The van der Waals surface area contributed by atoms with E-state index >= 15 is 0 Å². The minimum Gasteiger partial charge on any atom is -0.447 e. The number of rotatable bonds is 4. The second-order valence-electron chi connectivity index (χ2n) is 10.2. The van der Waals surface area contributed by atoms with Gasteiger partial charge in [0.2, 0.25) is 0 Å². The molecule has 1 aromatic carbocycles. The Labute approximate surface area is 211 Å². The van der Waals surface area contributed by atoms with Crippen LogP contribution in [0.15, 0.2) is 18.2 Å². The highest BCUT2D eigenvalue weighted by Crippen LogP contribution is 2.37. The van der Waals surface area contributed by atoms with Gasteiger partial charge >= 0.3 is 6.09 Å². The summed E-state index contributed by atoms with van der Waals surface area (Å²) in [5, 5.41) is 0.456. The molecule has 0 bridgehead atoms. The first-order valence-electron chi connectivity index (χ1n) is 11.8. The van der Waals surface area contributed by atoms with E-state index in [0.717, 1.165) is 5.56 Å². The summed E-state index contributed by atoms with van der Waals surface area (Å²) in [7, 11) is 0. The van der Waals surface area contributed by atoms with Crippen LogP contribution in [0.3, 0.4) is 0 Å². The van der Waals surface area contributed by atoms with E-state index in [1.807, 2.05) is 45.6 Å². The van der Waals surface area contributed by atoms with Crippen molar-refractivity contribution < 1.29 is 23.8 Å². The van der Waals surface area contributed by atoms with E-state index in [0.29, 0.717) is 49.0 Å². The fraction of sp³-hybridized carbons (Fsp3) is 0.600. The lowest BCUT2D eigenvalue weighted by molar-refractivity contribution is -0.143. The second-order valence-corrected chi connectivity index (χ2v) is 10.5. The lowest BCUT2D eigenvalue weighted by Gasteiger charge is -2.41. The topological polar surface area (TPSA) is 75.9 Å². The van der Waals surface area contributed by atoms with Crippen molar-refractivity contribution in [2.75, 3.05) is 31.2 Å². The molecule has 3 aliphatic rings. The smallest absolute Gasteiger partial charge is 0.409 e. The summed E-state index contributed by atoms with van der Waals surface area (Å²) in [4.78, 5) is 34.8. The normalized spacial score (nSPS) is 24.1. The van der Waals surface area contributed by atoms with Gasteiger partial charge < -0.3 is 24.0 Å². The van der Waals surface area contributed by atoms with E-state index in [2.05, 4.69) is 4.85 Å². The molecular weight excluding hydrogens is 468 g/mol. The lowest BCUT2D eigenvalue weighted by Crippen LogP contribution is -2.54. The van der Waals surface area contributed by atoms with Gasteiger partial charge in [0, 0.05) is 24.8 Å². The van der Waals surface area contributed by atoms with E-state index < -0.39 is 11.3 Å². The summed E-state index contributed by atoms with van der Waals surface area (Å²) >= 11 is 5.80. The van der Waals surface area contributed by atoms with E-state index in [1.165, 1.54) is 0 Å². The lowest BCUT2D eigenvalue weighted by atomic mass is 9.96. The molecule has 35 heavy (non-hydrogen) atoms. The van der Waals surface area contributed by atoms with Crippen molar-refractivity contribution in [1.82, 2.24) is 9.80 Å². The molecule has 0 spiro atoms. The predicted octanol–water partition coefficient (Wildman–Crippen LogP) is 4.01. The molecule has 2 amide bonds. The standard InChI is InChI=1S/C25H32N4O5S/c1-16-13-18(7-8-20(16)26-6)28-21(30)24(2,3)29(22(28)35)17-9-11-27(12-10-17)23(31)32-14-19-15-33-25(4,5)34-19/h7-8,13,17,19H,9-12,14-15H2,1-5H3. The van der Waals surface area contributed by atoms with Crippen molar-refractivity contribution in [2.45, 2.75) is 70.9 Å². The van der Waals surface area contributed by atoms with Crippen LogP contribution in [0.5, 0.6) is 0 Å². The maximum atomic E-state index is 13.4. The maximum absolute atomic E-state index is 13.4. The van der Waals surface area contributed by atoms with Crippen LogP contribution in [0.4, 0.5) is 16.2 Å². The molecule has 1 aromatic rings. The highest BCUT2D eigenvalue weighted by atomic mass is 32.1. The van der Waals surface area contributed by atoms with Crippen molar-refractivity contribution >= 4 is 40.7 Å². The van der Waals surface area contributed by atoms with Crippen LogP contribution < -0.4 is 4.90 Å². The van der Waals surface area contributed by atoms with Gasteiger partial charge in [0.15, 0.2) is 16.6 Å². The number of ether oxygens (including phenoxy) is 3. The second kappa shape index (κ2) is 9.37. The number of aryl methyl sites for hydroxylation is 1. The molecule has 3 fully saturated rings. The molecule has 3 saturated heterocycles. The van der Waals surface area contributed by atoms with E-state index in [4.69, 9.17) is 33.0 Å². The van der Waals surface area contributed by atoms with Crippen LogP contribution in [-0.4, -0.2) is 76.7 Å². The number of amides is 2. The third kappa shape index (κ3) is 4.85. The van der Waals surface area contributed by atoms with Crippen LogP contribution in [0.25, 0.3) is 4.85 Å².